The average molecular weight is 381 g/mol. The van der Waals surface area contributed by atoms with Crippen LogP contribution >= 0.6 is 24.0 Å². The standard InChI is InChI=1S/C13H17F2N3.HI/c1-16-12(17-2)18-8-13(5-6-13)10-4-3-9(14)7-11(10)15;/h3-4,7H,5-6,8H2,1-2H3,(H2,16,17,18);1H. The van der Waals surface area contributed by atoms with Crippen LogP contribution in [0.2, 0.25) is 0 Å². The molecule has 0 amide bonds. The summed E-state index contributed by atoms with van der Waals surface area (Å²) < 4.78 is 26.7. The Morgan fingerprint density at radius 2 is 2.05 bits per heavy atom. The zero-order valence-electron chi connectivity index (χ0n) is 11.0. The molecule has 1 fully saturated rings. The van der Waals surface area contributed by atoms with Crippen molar-refractivity contribution in [3.8, 4) is 0 Å². The first kappa shape index (κ1) is 16.1. The van der Waals surface area contributed by atoms with E-state index < -0.39 is 11.6 Å². The molecule has 106 valence electrons. The summed E-state index contributed by atoms with van der Waals surface area (Å²) in [5.74, 6) is -0.330. The molecule has 0 bridgehead atoms. The van der Waals surface area contributed by atoms with Crippen LogP contribution in [0.1, 0.15) is 18.4 Å². The molecule has 0 aromatic heterocycles. The van der Waals surface area contributed by atoms with Crippen LogP contribution in [0.3, 0.4) is 0 Å². The van der Waals surface area contributed by atoms with Crippen LogP contribution in [0.25, 0.3) is 0 Å². The molecule has 1 aromatic rings. The van der Waals surface area contributed by atoms with Crippen LogP contribution in [0.4, 0.5) is 8.78 Å². The van der Waals surface area contributed by atoms with Crippen molar-refractivity contribution in [1.29, 1.82) is 0 Å². The van der Waals surface area contributed by atoms with Crippen molar-refractivity contribution in [1.82, 2.24) is 10.6 Å². The van der Waals surface area contributed by atoms with Gasteiger partial charge in [-0.3, -0.25) is 4.99 Å². The van der Waals surface area contributed by atoms with Gasteiger partial charge >= 0.3 is 0 Å². The van der Waals surface area contributed by atoms with Gasteiger partial charge in [0.2, 0.25) is 0 Å². The Bertz CT molecular complexity index is 473. The third-order valence-corrected chi connectivity index (χ3v) is 3.41. The van der Waals surface area contributed by atoms with Gasteiger partial charge in [0, 0.05) is 32.1 Å². The lowest BCUT2D eigenvalue weighted by molar-refractivity contribution is 0.541. The van der Waals surface area contributed by atoms with Gasteiger partial charge in [0.05, 0.1) is 0 Å². The molecule has 1 aromatic carbocycles. The minimum absolute atomic E-state index is 0. The summed E-state index contributed by atoms with van der Waals surface area (Å²) in [7, 11) is 3.45. The van der Waals surface area contributed by atoms with Gasteiger partial charge in [0.1, 0.15) is 11.6 Å². The summed E-state index contributed by atoms with van der Waals surface area (Å²) in [4.78, 5) is 4.01. The second-order valence-electron chi connectivity index (χ2n) is 4.58. The Morgan fingerprint density at radius 3 is 2.53 bits per heavy atom. The highest BCUT2D eigenvalue weighted by Crippen LogP contribution is 2.48. The first-order valence-corrected chi connectivity index (χ1v) is 5.95. The van der Waals surface area contributed by atoms with Crippen molar-refractivity contribution < 1.29 is 8.78 Å². The van der Waals surface area contributed by atoms with E-state index in [0.717, 1.165) is 18.9 Å². The number of hydrogen-bond acceptors (Lipinski definition) is 1. The topological polar surface area (TPSA) is 36.4 Å². The van der Waals surface area contributed by atoms with Gasteiger partial charge in [-0.2, -0.15) is 0 Å². The third-order valence-electron chi connectivity index (χ3n) is 3.41. The van der Waals surface area contributed by atoms with Gasteiger partial charge in [0.25, 0.3) is 0 Å². The number of guanidine groups is 1. The van der Waals surface area contributed by atoms with Crippen LogP contribution < -0.4 is 10.6 Å². The molecule has 19 heavy (non-hydrogen) atoms. The fourth-order valence-corrected chi connectivity index (χ4v) is 2.14. The number of halogens is 3. The normalized spacial score (nSPS) is 16.5. The quantitative estimate of drug-likeness (QED) is 0.480. The molecular weight excluding hydrogens is 363 g/mol. The molecule has 0 atom stereocenters. The fourth-order valence-electron chi connectivity index (χ4n) is 2.14. The van der Waals surface area contributed by atoms with Gasteiger partial charge in [0.15, 0.2) is 5.96 Å². The molecule has 1 aliphatic rings. The average Bonchev–Trinajstić information content (AvgIpc) is 3.11. The summed E-state index contributed by atoms with van der Waals surface area (Å²) in [5.41, 5.74) is 0.368. The highest BCUT2D eigenvalue weighted by molar-refractivity contribution is 14.0. The van der Waals surface area contributed by atoms with Gasteiger partial charge < -0.3 is 10.6 Å². The van der Waals surface area contributed by atoms with Gasteiger partial charge in [-0.15, -0.1) is 24.0 Å². The van der Waals surface area contributed by atoms with Crippen molar-refractivity contribution in [2.45, 2.75) is 18.3 Å². The highest BCUT2D eigenvalue weighted by atomic mass is 127. The Labute approximate surface area is 128 Å². The Hall–Kier alpha value is -0.920. The number of aliphatic imine (C=N–C) groups is 1. The van der Waals surface area contributed by atoms with E-state index in [1.54, 1.807) is 20.2 Å². The molecule has 0 heterocycles. The highest BCUT2D eigenvalue weighted by Gasteiger charge is 2.46. The molecule has 1 aliphatic carbocycles. The maximum Gasteiger partial charge on any atom is 0.190 e. The first-order valence-electron chi connectivity index (χ1n) is 5.95. The van der Waals surface area contributed by atoms with Crippen molar-refractivity contribution in [3.05, 3.63) is 35.4 Å². The van der Waals surface area contributed by atoms with Gasteiger partial charge in [-0.05, 0) is 24.5 Å². The summed E-state index contributed by atoms with van der Waals surface area (Å²) >= 11 is 0. The lowest BCUT2D eigenvalue weighted by atomic mass is 9.95. The van der Waals surface area contributed by atoms with Gasteiger partial charge in [-0.1, -0.05) is 6.07 Å². The molecule has 3 nitrogen and oxygen atoms in total. The minimum Gasteiger partial charge on any atom is -0.359 e. The maximum absolute atomic E-state index is 13.8. The Kier molecular flexibility index (Phi) is 5.51. The molecule has 0 unspecified atom stereocenters. The van der Waals surface area contributed by atoms with E-state index in [0.29, 0.717) is 18.1 Å². The molecule has 2 rings (SSSR count). The van der Waals surface area contributed by atoms with E-state index in [2.05, 4.69) is 15.6 Å². The number of nitrogens with one attached hydrogen (secondary N) is 2. The van der Waals surface area contributed by atoms with E-state index in [9.17, 15) is 8.78 Å². The zero-order chi connectivity index (χ0) is 13.2. The predicted molar refractivity (Wildman–Crippen MR) is 83.1 cm³/mol. The van der Waals surface area contributed by atoms with Crippen molar-refractivity contribution in [2.24, 2.45) is 4.99 Å². The fraction of sp³-hybridized carbons (Fsp3) is 0.462. The van der Waals surface area contributed by atoms with E-state index in [1.807, 2.05) is 0 Å². The smallest absolute Gasteiger partial charge is 0.190 e. The zero-order valence-corrected chi connectivity index (χ0v) is 13.3. The van der Waals surface area contributed by atoms with E-state index in [1.165, 1.54) is 6.07 Å². The lowest BCUT2D eigenvalue weighted by Crippen LogP contribution is -2.39. The molecule has 1 saturated carbocycles. The van der Waals surface area contributed by atoms with Crippen LogP contribution in [0.5, 0.6) is 0 Å². The van der Waals surface area contributed by atoms with Crippen LogP contribution in [-0.4, -0.2) is 26.6 Å². The Morgan fingerprint density at radius 1 is 1.37 bits per heavy atom. The monoisotopic (exact) mass is 381 g/mol. The number of benzene rings is 1. The third kappa shape index (κ3) is 3.55. The molecule has 0 spiro atoms. The predicted octanol–water partition coefficient (Wildman–Crippen LogP) is 2.41. The summed E-state index contributed by atoms with van der Waals surface area (Å²) in [6, 6.07) is 3.80. The largest absolute Gasteiger partial charge is 0.359 e. The van der Waals surface area contributed by atoms with Crippen molar-refractivity contribution >= 4 is 29.9 Å². The van der Waals surface area contributed by atoms with Gasteiger partial charge in [-0.25, -0.2) is 8.78 Å². The van der Waals surface area contributed by atoms with Crippen molar-refractivity contribution in [2.75, 3.05) is 20.6 Å². The van der Waals surface area contributed by atoms with Crippen molar-refractivity contribution in [3.63, 3.8) is 0 Å². The molecular formula is C13H18F2IN3. The number of rotatable bonds is 3. The number of hydrogen-bond donors (Lipinski definition) is 2. The molecule has 2 N–H and O–H groups in total. The molecule has 0 radical (unpaired) electrons. The summed E-state index contributed by atoms with van der Waals surface area (Å²) in [6.45, 7) is 0.600. The SMILES string of the molecule is CN=C(NC)NCC1(c2ccc(F)cc2F)CC1.I. The van der Waals surface area contributed by atoms with Crippen LogP contribution in [0.15, 0.2) is 23.2 Å². The van der Waals surface area contributed by atoms with E-state index in [-0.39, 0.29) is 29.4 Å². The van der Waals surface area contributed by atoms with E-state index in [4.69, 9.17) is 0 Å². The minimum atomic E-state index is -0.536. The second kappa shape index (κ2) is 6.49. The van der Waals surface area contributed by atoms with Crippen LogP contribution in [-0.2, 0) is 5.41 Å². The maximum atomic E-state index is 13.8. The molecule has 0 saturated heterocycles. The molecule has 6 heteroatoms. The second-order valence-corrected chi connectivity index (χ2v) is 4.58. The summed E-state index contributed by atoms with van der Waals surface area (Å²) in [5, 5.41) is 6.05. The first-order chi connectivity index (χ1) is 8.61. The van der Waals surface area contributed by atoms with E-state index >= 15 is 0 Å². The molecule has 0 aliphatic heterocycles. The van der Waals surface area contributed by atoms with Crippen LogP contribution in [0, 0.1) is 11.6 Å². The lowest BCUT2D eigenvalue weighted by Gasteiger charge is -2.18. The Balaban J connectivity index is 0.00000180. The summed E-state index contributed by atoms with van der Waals surface area (Å²) in [6.07, 6.45) is 1.81. The number of nitrogens with zero attached hydrogens (tertiary/aromatic N) is 1.